The molecule has 0 aromatic heterocycles. The van der Waals surface area contributed by atoms with Crippen LogP contribution >= 0.6 is 24.2 Å². The average Bonchev–Trinajstić information content (AvgIpc) is 1.83. The summed E-state index contributed by atoms with van der Waals surface area (Å²) in [7, 11) is 0. The number of hydrogen-bond acceptors (Lipinski definition) is 2. The van der Waals surface area contributed by atoms with Gasteiger partial charge in [-0.3, -0.25) is 0 Å². The summed E-state index contributed by atoms with van der Waals surface area (Å²) >= 11 is 6.09. The minimum Gasteiger partial charge on any atom is -0.103 e. The van der Waals surface area contributed by atoms with Crippen LogP contribution in [0.5, 0.6) is 0 Å². The van der Waals surface area contributed by atoms with Crippen molar-refractivity contribution in [2.45, 2.75) is 0 Å². The molecule has 0 radical (unpaired) electrons. The monoisotopic (exact) mass is 146 g/mol. The lowest BCUT2D eigenvalue weighted by atomic mass is 10.7. The van der Waals surface area contributed by atoms with E-state index in [0.717, 1.165) is 6.54 Å². The molecule has 0 spiro atoms. The summed E-state index contributed by atoms with van der Waals surface area (Å²) in [6.07, 6.45) is 3.73. The van der Waals surface area contributed by atoms with Gasteiger partial charge in [-0.15, -0.1) is 3.98 Å². The van der Waals surface area contributed by atoms with E-state index in [-0.39, 0.29) is 0 Å². The summed E-state index contributed by atoms with van der Waals surface area (Å²) in [5, 5.41) is 2.56. The van der Waals surface area contributed by atoms with Gasteiger partial charge in [0.2, 0.25) is 0 Å². The second-order valence-electron chi connectivity index (χ2n) is 1.12. The Hall–Kier alpha value is -0.110. The zero-order chi connectivity index (χ0) is 6.41. The van der Waals surface area contributed by atoms with E-state index in [0.29, 0.717) is 0 Å². The van der Waals surface area contributed by atoms with Crippen molar-refractivity contribution >= 4 is 29.3 Å². The Labute approximate surface area is 59.2 Å². The molecule has 0 aromatic rings. The van der Waals surface area contributed by atoms with E-state index in [4.69, 9.17) is 0 Å². The van der Waals surface area contributed by atoms with Gasteiger partial charge in [0.25, 0.3) is 5.16 Å². The van der Waals surface area contributed by atoms with Gasteiger partial charge < -0.3 is 0 Å². The molecule has 0 aliphatic rings. The minimum atomic E-state index is 0.769. The van der Waals surface area contributed by atoms with Gasteiger partial charge in [0, 0.05) is 18.5 Å². The first-order valence-electron chi connectivity index (χ1n) is 2.15. The van der Waals surface area contributed by atoms with Crippen LogP contribution in [0.25, 0.3) is 0 Å². The molecule has 0 rings (SSSR count). The second kappa shape index (κ2) is 5.04. The molecule has 0 bridgehead atoms. The van der Waals surface area contributed by atoms with Gasteiger partial charge in [-0.25, -0.2) is 0 Å². The quantitative estimate of drug-likeness (QED) is 0.195. The van der Waals surface area contributed by atoms with Crippen molar-refractivity contribution in [3.05, 3.63) is 12.7 Å². The fourth-order valence-corrected chi connectivity index (χ4v) is 0.893. The second-order valence-corrected chi connectivity index (χ2v) is 2.11. The highest BCUT2D eigenvalue weighted by molar-refractivity contribution is 7.93. The predicted octanol–water partition coefficient (Wildman–Crippen LogP) is 1.57. The van der Waals surface area contributed by atoms with Crippen LogP contribution in [0.1, 0.15) is 0 Å². The largest absolute Gasteiger partial charge is 0.264 e. The Morgan fingerprint density at radius 3 is 2.75 bits per heavy atom. The Morgan fingerprint density at radius 2 is 2.62 bits per heavy atom. The van der Waals surface area contributed by atoms with E-state index in [2.05, 4.69) is 24.0 Å². The Bertz CT molecular complexity index is 124. The standard InChI is InChI=1S/C5H8NS2/c1-3-4-6(5-7)8-2/h3H,1,4H2,2H3/q+1. The molecule has 1 nitrogen and oxygen atoms in total. The number of rotatable bonds is 3. The Balaban J connectivity index is 3.72. The van der Waals surface area contributed by atoms with Gasteiger partial charge in [0.1, 0.15) is 0 Å². The molecule has 0 heterocycles. The maximum Gasteiger partial charge on any atom is 0.264 e. The number of hydrogen-bond donors (Lipinski definition) is 0. The molecule has 0 unspecified atom stereocenters. The first-order chi connectivity index (χ1) is 3.85. The van der Waals surface area contributed by atoms with E-state index in [1.807, 2.05) is 6.26 Å². The number of thiocarbonyl (C=S) groups is 1. The molecule has 0 atom stereocenters. The molecule has 0 aliphatic heterocycles. The van der Waals surface area contributed by atoms with Crippen molar-refractivity contribution in [2.75, 3.05) is 12.8 Å². The average molecular weight is 146 g/mol. The fourth-order valence-electron chi connectivity index (χ4n) is 0.266. The molecular weight excluding hydrogens is 138 g/mol. The highest BCUT2D eigenvalue weighted by Crippen LogP contribution is 1.91. The number of nitrogens with zero attached hydrogens (tertiary/aromatic N) is 1. The van der Waals surface area contributed by atoms with Gasteiger partial charge in [0.05, 0.1) is 0 Å². The van der Waals surface area contributed by atoms with E-state index < -0.39 is 0 Å². The molecular formula is C5H8NS2+. The van der Waals surface area contributed by atoms with Crippen molar-refractivity contribution in [1.82, 2.24) is 0 Å². The summed E-state index contributed by atoms with van der Waals surface area (Å²) in [6, 6.07) is 0. The van der Waals surface area contributed by atoms with Crippen molar-refractivity contribution in [2.24, 2.45) is 0 Å². The highest BCUT2D eigenvalue weighted by Gasteiger charge is 1.93. The van der Waals surface area contributed by atoms with Gasteiger partial charge >= 0.3 is 0 Å². The summed E-state index contributed by atoms with van der Waals surface area (Å²) in [5.41, 5.74) is 0. The van der Waals surface area contributed by atoms with E-state index in [1.165, 1.54) is 0 Å². The predicted molar refractivity (Wildman–Crippen MR) is 41.4 cm³/mol. The van der Waals surface area contributed by atoms with Crippen LogP contribution in [0.3, 0.4) is 0 Å². The lowest BCUT2D eigenvalue weighted by Crippen LogP contribution is -1.97. The summed E-state index contributed by atoms with van der Waals surface area (Å²) in [4.78, 5) is 0. The minimum absolute atomic E-state index is 0.769. The molecule has 0 aliphatic carbocycles. The normalized spacial score (nSPS) is 7.62. The van der Waals surface area contributed by atoms with Crippen molar-refractivity contribution < 1.29 is 3.98 Å². The summed E-state index contributed by atoms with van der Waals surface area (Å²) < 4.78 is 1.79. The van der Waals surface area contributed by atoms with E-state index in [1.54, 1.807) is 22.0 Å². The van der Waals surface area contributed by atoms with Gasteiger partial charge in [-0.2, -0.15) is 0 Å². The van der Waals surface area contributed by atoms with Gasteiger partial charge in [0.15, 0.2) is 18.5 Å². The summed E-state index contributed by atoms with van der Waals surface area (Å²) in [6.45, 7) is 4.32. The molecule has 0 aromatic carbocycles. The topological polar surface area (TPSA) is 3.01 Å². The van der Waals surface area contributed by atoms with Crippen LogP contribution in [0.2, 0.25) is 0 Å². The molecule has 0 saturated heterocycles. The Kier molecular flexibility index (Phi) is 4.97. The van der Waals surface area contributed by atoms with Gasteiger partial charge in [-0.05, 0) is 6.08 Å². The first kappa shape index (κ1) is 7.89. The van der Waals surface area contributed by atoms with E-state index in [9.17, 15) is 0 Å². The zero-order valence-electron chi connectivity index (χ0n) is 4.76. The molecule has 3 heteroatoms. The maximum absolute atomic E-state index is 4.55. The van der Waals surface area contributed by atoms with Crippen LogP contribution in [-0.2, 0) is 0 Å². The summed E-state index contributed by atoms with van der Waals surface area (Å²) in [5.74, 6) is 0. The zero-order valence-corrected chi connectivity index (χ0v) is 6.39. The molecule has 44 valence electrons. The van der Waals surface area contributed by atoms with Crippen molar-refractivity contribution in [1.29, 1.82) is 0 Å². The number of isothiocyanates is 1. The highest BCUT2D eigenvalue weighted by atomic mass is 32.2. The van der Waals surface area contributed by atoms with Crippen molar-refractivity contribution in [3.63, 3.8) is 0 Å². The first-order valence-corrected chi connectivity index (χ1v) is 3.74. The van der Waals surface area contributed by atoms with Crippen LogP contribution in [0.15, 0.2) is 12.7 Å². The third-order valence-corrected chi connectivity index (χ3v) is 1.63. The molecule has 0 amide bonds. The Morgan fingerprint density at radius 1 is 2.00 bits per heavy atom. The third-order valence-electron chi connectivity index (χ3n) is 0.617. The van der Waals surface area contributed by atoms with Crippen LogP contribution in [-0.4, -0.2) is 21.9 Å². The lowest BCUT2D eigenvalue weighted by Gasteiger charge is -1.82. The van der Waals surface area contributed by atoms with Crippen LogP contribution < -0.4 is 0 Å². The van der Waals surface area contributed by atoms with Crippen LogP contribution in [0, 0.1) is 0 Å². The fraction of sp³-hybridized carbons (Fsp3) is 0.400. The SMILES string of the molecule is C=CC[N+](=C=S)SC. The maximum atomic E-state index is 4.55. The molecule has 8 heavy (non-hydrogen) atoms. The lowest BCUT2D eigenvalue weighted by molar-refractivity contribution is -0.322. The van der Waals surface area contributed by atoms with Crippen LogP contribution in [0.4, 0.5) is 0 Å². The molecule has 0 N–H and O–H groups in total. The van der Waals surface area contributed by atoms with Crippen molar-refractivity contribution in [3.8, 4) is 0 Å². The van der Waals surface area contributed by atoms with E-state index >= 15 is 0 Å². The molecule has 0 fully saturated rings. The smallest absolute Gasteiger partial charge is 0.103 e. The van der Waals surface area contributed by atoms with Gasteiger partial charge in [-0.1, -0.05) is 6.58 Å². The third kappa shape index (κ3) is 2.97. The molecule has 0 saturated carbocycles.